The van der Waals surface area contributed by atoms with Gasteiger partial charge >= 0.3 is 0 Å². The minimum Gasteiger partial charge on any atom is -0.385 e. The van der Waals surface area contributed by atoms with Gasteiger partial charge in [-0.05, 0) is 37.5 Å². The first-order chi connectivity index (χ1) is 18.1. The molecule has 4 aromatic heterocycles. The fraction of sp³-hybridized carbons (Fsp3) is 0.462. The molecule has 2 fully saturated rings. The third-order valence-corrected chi connectivity index (χ3v) is 7.59. The number of ether oxygens (including phenoxy) is 3. The second kappa shape index (κ2) is 9.73. The van der Waals surface area contributed by atoms with E-state index in [9.17, 15) is 4.79 Å². The zero-order valence-electron chi connectivity index (χ0n) is 21.2. The summed E-state index contributed by atoms with van der Waals surface area (Å²) in [5.41, 5.74) is 4.22. The zero-order chi connectivity index (χ0) is 25.5. The predicted octanol–water partition coefficient (Wildman–Crippen LogP) is 2.67. The molecule has 0 radical (unpaired) electrons. The van der Waals surface area contributed by atoms with Gasteiger partial charge in [0.25, 0.3) is 5.91 Å². The number of pyridine rings is 1. The van der Waals surface area contributed by atoms with Crippen molar-refractivity contribution in [2.75, 3.05) is 39.8 Å². The lowest BCUT2D eigenvalue weighted by Gasteiger charge is -2.35. The van der Waals surface area contributed by atoms with Crippen LogP contribution in [0, 0.1) is 0 Å². The molecule has 6 rings (SSSR count). The van der Waals surface area contributed by atoms with E-state index in [4.69, 9.17) is 24.3 Å². The van der Waals surface area contributed by atoms with Gasteiger partial charge in [0.15, 0.2) is 11.3 Å². The van der Waals surface area contributed by atoms with Crippen LogP contribution in [0.5, 0.6) is 0 Å². The standard InChI is InChI=1S/C26H31N7O4/c1-27-19-11-18(31-33-21(12-29-25(19)33)26(34)30-17-6-7-22(17)35-2)16-13-32(24-15(16)5-4-9-28-24)20-8-10-37-14-23(20)36-3/h4-5,9,11-13,17,20,22-23,27H,6-8,10,14H2,1-3H3,(H,30,34)/t17-,20-,22-,23-/m1/s1. The lowest BCUT2D eigenvalue weighted by molar-refractivity contribution is -0.0592. The highest BCUT2D eigenvalue weighted by atomic mass is 16.5. The van der Waals surface area contributed by atoms with Gasteiger partial charge in [-0.15, -0.1) is 0 Å². The summed E-state index contributed by atoms with van der Waals surface area (Å²) in [5.74, 6) is -0.222. The van der Waals surface area contributed by atoms with Crippen molar-refractivity contribution >= 4 is 28.3 Å². The van der Waals surface area contributed by atoms with Gasteiger partial charge in [-0.3, -0.25) is 4.79 Å². The van der Waals surface area contributed by atoms with Gasteiger partial charge in [-0.2, -0.15) is 5.10 Å². The van der Waals surface area contributed by atoms with Crippen molar-refractivity contribution in [2.24, 2.45) is 0 Å². The Labute approximate surface area is 214 Å². The average Bonchev–Trinajstić information content (AvgIpc) is 3.53. The van der Waals surface area contributed by atoms with Crippen LogP contribution in [0.1, 0.15) is 35.8 Å². The first-order valence-corrected chi connectivity index (χ1v) is 12.6. The van der Waals surface area contributed by atoms with Crippen LogP contribution < -0.4 is 10.6 Å². The van der Waals surface area contributed by atoms with E-state index >= 15 is 0 Å². The quantitative estimate of drug-likeness (QED) is 0.394. The Morgan fingerprint density at radius 2 is 2.00 bits per heavy atom. The van der Waals surface area contributed by atoms with E-state index in [2.05, 4.69) is 26.4 Å². The third kappa shape index (κ3) is 4.03. The van der Waals surface area contributed by atoms with Crippen LogP contribution in [0.15, 0.2) is 36.8 Å². The number of nitrogens with zero attached hydrogens (tertiary/aromatic N) is 5. The number of rotatable bonds is 7. The lowest BCUT2D eigenvalue weighted by Crippen LogP contribution is -2.51. The van der Waals surface area contributed by atoms with E-state index in [0.29, 0.717) is 30.2 Å². The van der Waals surface area contributed by atoms with Crippen LogP contribution in [0.25, 0.3) is 27.9 Å². The van der Waals surface area contributed by atoms with Crippen molar-refractivity contribution in [1.82, 2.24) is 29.5 Å². The van der Waals surface area contributed by atoms with Crippen molar-refractivity contribution in [3.8, 4) is 11.3 Å². The molecule has 2 aliphatic rings. The Balaban J connectivity index is 1.45. The Kier molecular flexibility index (Phi) is 6.27. The molecule has 0 spiro atoms. The summed E-state index contributed by atoms with van der Waals surface area (Å²) in [6.45, 7) is 1.20. The summed E-state index contributed by atoms with van der Waals surface area (Å²) in [7, 11) is 5.22. The number of amides is 1. The van der Waals surface area contributed by atoms with Crippen LogP contribution in [0.4, 0.5) is 5.69 Å². The third-order valence-electron chi connectivity index (χ3n) is 7.59. The molecule has 2 N–H and O–H groups in total. The Morgan fingerprint density at radius 1 is 1.14 bits per heavy atom. The fourth-order valence-corrected chi connectivity index (χ4v) is 5.38. The molecule has 0 bridgehead atoms. The van der Waals surface area contributed by atoms with E-state index < -0.39 is 0 Å². The first-order valence-electron chi connectivity index (χ1n) is 12.6. The van der Waals surface area contributed by atoms with Gasteiger partial charge in [0.2, 0.25) is 0 Å². The van der Waals surface area contributed by atoms with Crippen LogP contribution in [0.3, 0.4) is 0 Å². The highest BCUT2D eigenvalue weighted by Crippen LogP contribution is 2.35. The number of carbonyl (C=O) groups is 1. The molecule has 194 valence electrons. The summed E-state index contributed by atoms with van der Waals surface area (Å²) in [6.07, 6.45) is 8.07. The predicted molar refractivity (Wildman–Crippen MR) is 138 cm³/mol. The van der Waals surface area contributed by atoms with E-state index in [1.165, 1.54) is 0 Å². The molecule has 37 heavy (non-hydrogen) atoms. The number of hydrogen-bond acceptors (Lipinski definition) is 8. The highest BCUT2D eigenvalue weighted by molar-refractivity contribution is 5.96. The molecule has 0 aromatic carbocycles. The van der Waals surface area contributed by atoms with Crippen LogP contribution in [0.2, 0.25) is 0 Å². The molecule has 5 heterocycles. The molecule has 4 atom stereocenters. The summed E-state index contributed by atoms with van der Waals surface area (Å²) in [5, 5.41) is 12.2. The van der Waals surface area contributed by atoms with Gasteiger partial charge in [0.1, 0.15) is 11.8 Å². The number of anilines is 1. The maximum absolute atomic E-state index is 13.2. The lowest BCUT2D eigenvalue weighted by atomic mass is 9.89. The van der Waals surface area contributed by atoms with Crippen LogP contribution in [-0.2, 0) is 14.2 Å². The molecule has 0 unspecified atom stereocenters. The number of hydrogen-bond donors (Lipinski definition) is 2. The number of carbonyl (C=O) groups excluding carboxylic acids is 1. The van der Waals surface area contributed by atoms with Gasteiger partial charge < -0.3 is 29.4 Å². The number of imidazole rings is 1. The topological polar surface area (TPSA) is 117 Å². The van der Waals surface area contributed by atoms with Crippen molar-refractivity contribution in [3.63, 3.8) is 0 Å². The molecule has 11 nitrogen and oxygen atoms in total. The minimum atomic E-state index is -0.222. The van der Waals surface area contributed by atoms with E-state index in [-0.39, 0.29) is 30.2 Å². The Bertz CT molecular complexity index is 1450. The maximum atomic E-state index is 13.2. The van der Waals surface area contributed by atoms with Gasteiger partial charge in [-0.1, -0.05) is 0 Å². The highest BCUT2D eigenvalue weighted by Gasteiger charge is 2.33. The number of aromatic nitrogens is 5. The molecule has 1 aliphatic heterocycles. The summed E-state index contributed by atoms with van der Waals surface area (Å²) < 4.78 is 20.6. The van der Waals surface area contributed by atoms with Crippen molar-refractivity contribution in [3.05, 3.63) is 42.5 Å². The largest absolute Gasteiger partial charge is 0.385 e. The first kappa shape index (κ1) is 23.8. The van der Waals surface area contributed by atoms with Crippen molar-refractivity contribution < 1.29 is 19.0 Å². The average molecular weight is 506 g/mol. The number of nitrogens with one attached hydrogen (secondary N) is 2. The van der Waals surface area contributed by atoms with E-state index in [1.807, 2.05) is 25.2 Å². The van der Waals surface area contributed by atoms with E-state index in [0.717, 1.165) is 41.5 Å². The minimum absolute atomic E-state index is 0.00717. The molecule has 1 saturated carbocycles. The Morgan fingerprint density at radius 3 is 2.76 bits per heavy atom. The summed E-state index contributed by atoms with van der Waals surface area (Å²) >= 11 is 0. The zero-order valence-corrected chi connectivity index (χ0v) is 21.2. The smallest absolute Gasteiger partial charge is 0.271 e. The molecular weight excluding hydrogens is 474 g/mol. The van der Waals surface area contributed by atoms with Gasteiger partial charge in [-0.25, -0.2) is 14.5 Å². The molecule has 11 heteroatoms. The van der Waals surface area contributed by atoms with Gasteiger partial charge in [0.05, 0.1) is 42.4 Å². The number of methoxy groups -OCH3 is 2. The monoisotopic (exact) mass is 505 g/mol. The molecule has 1 aliphatic carbocycles. The molecular formula is C26H31N7O4. The Hall–Kier alpha value is -3.54. The second-order valence-corrected chi connectivity index (χ2v) is 9.53. The second-order valence-electron chi connectivity index (χ2n) is 9.53. The van der Waals surface area contributed by atoms with Crippen molar-refractivity contribution in [1.29, 1.82) is 0 Å². The molecule has 4 aromatic rings. The van der Waals surface area contributed by atoms with Gasteiger partial charge in [0, 0.05) is 51.2 Å². The maximum Gasteiger partial charge on any atom is 0.271 e. The van der Waals surface area contributed by atoms with E-state index in [1.54, 1.807) is 31.1 Å². The van der Waals surface area contributed by atoms with Crippen LogP contribution in [-0.4, -0.2) is 82.8 Å². The number of fused-ring (bicyclic) bond motifs is 2. The van der Waals surface area contributed by atoms with Crippen LogP contribution >= 0.6 is 0 Å². The summed E-state index contributed by atoms with van der Waals surface area (Å²) in [6, 6.07) is 6.01. The molecule has 1 saturated heterocycles. The fourth-order valence-electron chi connectivity index (χ4n) is 5.38. The van der Waals surface area contributed by atoms with Crippen molar-refractivity contribution in [2.45, 2.75) is 43.6 Å². The SMILES string of the molecule is CNc1cc(-c2cn([C@@H]3CCOC[C@H]3OC)c3ncccc23)nn2c(C(=O)N[C@@H]3CC[C@H]3OC)cnc12. The molecule has 1 amide bonds. The normalized spacial score (nSPS) is 23.8. The summed E-state index contributed by atoms with van der Waals surface area (Å²) in [4.78, 5) is 22.4.